The highest BCUT2D eigenvalue weighted by Crippen LogP contribution is 2.44. The van der Waals surface area contributed by atoms with E-state index < -0.39 is 0 Å². The first-order valence-electron chi connectivity index (χ1n) is 9.56. The molecule has 5 rings (SSSR count). The number of fused-ring (bicyclic) bond motifs is 5. The first-order chi connectivity index (χ1) is 13.1. The molecule has 0 saturated carbocycles. The van der Waals surface area contributed by atoms with E-state index in [-0.39, 0.29) is 0 Å². The number of hydrogen-bond acceptors (Lipinski definition) is 5. The Morgan fingerprint density at radius 3 is 2.96 bits per heavy atom. The van der Waals surface area contributed by atoms with Gasteiger partial charge in [-0.05, 0) is 31.6 Å². The summed E-state index contributed by atoms with van der Waals surface area (Å²) in [6, 6.07) is 0. The summed E-state index contributed by atoms with van der Waals surface area (Å²) < 4.78 is 5.61. The van der Waals surface area contributed by atoms with E-state index >= 15 is 0 Å². The van der Waals surface area contributed by atoms with Gasteiger partial charge in [0.15, 0.2) is 5.82 Å². The summed E-state index contributed by atoms with van der Waals surface area (Å²) in [4.78, 5) is 6.88. The third-order valence-corrected chi connectivity index (χ3v) is 5.61. The van der Waals surface area contributed by atoms with Crippen LogP contribution in [-0.2, 0) is 6.42 Å². The van der Waals surface area contributed by atoms with E-state index in [0.29, 0.717) is 23.6 Å². The molecule has 0 spiro atoms. The maximum Gasteiger partial charge on any atom is 0.255 e. The smallest absolute Gasteiger partial charge is 0.255 e. The molecule has 2 aromatic heterocycles. The predicted molar refractivity (Wildman–Crippen MR) is 103 cm³/mol. The second kappa shape index (κ2) is 6.08. The van der Waals surface area contributed by atoms with Crippen LogP contribution in [-0.4, -0.2) is 25.2 Å². The Balaban J connectivity index is 1.78. The fourth-order valence-electron chi connectivity index (χ4n) is 4.28. The lowest BCUT2D eigenvalue weighted by Crippen LogP contribution is -2.20. The van der Waals surface area contributed by atoms with Crippen LogP contribution in [0.15, 0.2) is 46.5 Å². The van der Waals surface area contributed by atoms with E-state index in [9.17, 15) is 0 Å². The van der Waals surface area contributed by atoms with Gasteiger partial charge in [0, 0.05) is 35.0 Å². The number of allylic oxidation sites excluding steroid dienone is 6. The molecule has 0 bridgehead atoms. The van der Waals surface area contributed by atoms with Crippen LogP contribution in [0.4, 0.5) is 0 Å². The number of rotatable bonds is 1. The maximum absolute atomic E-state index is 5.61. The number of H-pyrrole nitrogens is 1. The number of aryl methyl sites for hydroxylation is 1. The Bertz CT molecular complexity index is 1020. The van der Waals surface area contributed by atoms with E-state index in [1.807, 2.05) is 13.1 Å². The molecule has 2 atom stereocenters. The van der Waals surface area contributed by atoms with E-state index in [0.717, 1.165) is 30.5 Å². The third-order valence-electron chi connectivity index (χ3n) is 5.61. The van der Waals surface area contributed by atoms with Gasteiger partial charge in [-0.25, -0.2) is 0 Å². The van der Waals surface area contributed by atoms with E-state index in [2.05, 4.69) is 63.5 Å². The number of nitrogens with zero attached hydrogens (tertiary/aromatic N) is 4. The first kappa shape index (κ1) is 16.3. The molecule has 6 nitrogen and oxygen atoms in total. The molecule has 4 heterocycles. The summed E-state index contributed by atoms with van der Waals surface area (Å²) in [6.07, 6.45) is 13.8. The van der Waals surface area contributed by atoms with Crippen molar-refractivity contribution in [3.63, 3.8) is 0 Å². The van der Waals surface area contributed by atoms with Gasteiger partial charge in [-0.2, -0.15) is 10.1 Å². The van der Waals surface area contributed by atoms with Crippen LogP contribution in [0.1, 0.15) is 49.7 Å². The molecule has 2 aliphatic heterocycles. The molecule has 2 aromatic rings. The van der Waals surface area contributed by atoms with Crippen LogP contribution in [0.2, 0.25) is 0 Å². The monoisotopic (exact) mass is 361 g/mol. The molecule has 27 heavy (non-hydrogen) atoms. The average Bonchev–Trinajstić information content (AvgIpc) is 3.21. The van der Waals surface area contributed by atoms with Crippen molar-refractivity contribution in [2.24, 2.45) is 11.8 Å². The van der Waals surface area contributed by atoms with Gasteiger partial charge >= 0.3 is 0 Å². The Hall–Kier alpha value is -2.89. The summed E-state index contributed by atoms with van der Waals surface area (Å²) in [5.41, 5.74) is 7.10. The van der Waals surface area contributed by atoms with E-state index in [4.69, 9.17) is 4.52 Å². The lowest BCUT2D eigenvalue weighted by atomic mass is 9.92. The van der Waals surface area contributed by atoms with Crippen LogP contribution in [0.5, 0.6) is 0 Å². The molecule has 2 unspecified atom stereocenters. The standard InChI is InChI=1S/C21H23N5O/c1-12-6-7-17-16(9-12)20-15(11-22-24-20)10-18-19(21-23-14(3)25-27-21)13(2)5-4-8-26(17)18/h4,7-9,11-13H,5-6,10H2,1-3H3,(H,22,24). The SMILES string of the molecule is Cc1noc(C2=C3Cc4cn[nH]c4C4=CC(C)CC=C4N3C=CCC2C)n1. The highest BCUT2D eigenvalue weighted by molar-refractivity contribution is 5.83. The van der Waals surface area contributed by atoms with E-state index in [1.165, 1.54) is 22.5 Å². The summed E-state index contributed by atoms with van der Waals surface area (Å²) in [5.74, 6) is 2.10. The fourth-order valence-corrected chi connectivity index (χ4v) is 4.28. The van der Waals surface area contributed by atoms with Crippen molar-refractivity contribution < 1.29 is 4.52 Å². The second-order valence-corrected chi connectivity index (χ2v) is 7.73. The van der Waals surface area contributed by atoms with Crippen LogP contribution in [0.3, 0.4) is 0 Å². The quantitative estimate of drug-likeness (QED) is 0.823. The van der Waals surface area contributed by atoms with Gasteiger partial charge in [-0.3, -0.25) is 5.10 Å². The van der Waals surface area contributed by atoms with Crippen molar-refractivity contribution in [2.45, 2.75) is 40.0 Å². The zero-order chi connectivity index (χ0) is 18.5. The summed E-state index contributed by atoms with van der Waals surface area (Å²) >= 11 is 0. The van der Waals surface area contributed by atoms with Crippen molar-refractivity contribution in [2.75, 3.05) is 0 Å². The third kappa shape index (κ3) is 2.59. The summed E-state index contributed by atoms with van der Waals surface area (Å²) in [6.45, 7) is 6.35. The lowest BCUT2D eigenvalue weighted by molar-refractivity contribution is 0.396. The average molecular weight is 361 g/mol. The molecule has 1 aliphatic carbocycles. The Morgan fingerprint density at radius 1 is 1.26 bits per heavy atom. The molecule has 0 saturated heterocycles. The zero-order valence-electron chi connectivity index (χ0n) is 15.9. The maximum atomic E-state index is 5.61. The van der Waals surface area contributed by atoms with Gasteiger partial charge in [0.25, 0.3) is 5.89 Å². The minimum atomic E-state index is 0.296. The second-order valence-electron chi connectivity index (χ2n) is 7.73. The highest BCUT2D eigenvalue weighted by Gasteiger charge is 2.33. The number of aromatic amines is 1. The minimum absolute atomic E-state index is 0.296. The van der Waals surface area contributed by atoms with Crippen molar-refractivity contribution in [1.29, 1.82) is 0 Å². The largest absolute Gasteiger partial charge is 0.334 e. The number of aromatic nitrogens is 4. The van der Waals surface area contributed by atoms with Gasteiger partial charge < -0.3 is 9.42 Å². The van der Waals surface area contributed by atoms with Crippen LogP contribution in [0, 0.1) is 18.8 Å². The molecule has 0 fully saturated rings. The summed E-state index contributed by atoms with van der Waals surface area (Å²) in [5, 5.41) is 11.6. The number of nitrogens with one attached hydrogen (secondary N) is 1. The molecule has 138 valence electrons. The molecule has 3 aliphatic rings. The molecule has 6 heteroatoms. The highest BCUT2D eigenvalue weighted by atomic mass is 16.5. The molecular formula is C21H23N5O. The number of hydrogen-bond donors (Lipinski definition) is 1. The van der Waals surface area contributed by atoms with Crippen molar-refractivity contribution in [3.05, 3.63) is 65.0 Å². The van der Waals surface area contributed by atoms with Crippen molar-refractivity contribution >= 4 is 11.1 Å². The first-order valence-corrected chi connectivity index (χ1v) is 9.56. The van der Waals surface area contributed by atoms with Crippen molar-refractivity contribution in [1.82, 2.24) is 25.2 Å². The lowest BCUT2D eigenvalue weighted by Gasteiger charge is -2.29. The molecular weight excluding hydrogens is 338 g/mol. The predicted octanol–water partition coefficient (Wildman–Crippen LogP) is 4.23. The normalized spacial score (nSPS) is 24.5. The van der Waals surface area contributed by atoms with Crippen LogP contribution in [0.25, 0.3) is 11.1 Å². The van der Waals surface area contributed by atoms with Crippen LogP contribution >= 0.6 is 0 Å². The Morgan fingerprint density at radius 2 is 2.15 bits per heavy atom. The molecule has 1 N–H and O–H groups in total. The topological polar surface area (TPSA) is 70.8 Å². The minimum Gasteiger partial charge on any atom is -0.334 e. The summed E-state index contributed by atoms with van der Waals surface area (Å²) in [7, 11) is 0. The van der Waals surface area contributed by atoms with Gasteiger partial charge in [-0.1, -0.05) is 37.2 Å². The Kier molecular flexibility index (Phi) is 3.67. The zero-order valence-corrected chi connectivity index (χ0v) is 15.9. The molecule has 0 amide bonds. The Labute approximate surface area is 158 Å². The van der Waals surface area contributed by atoms with Gasteiger partial charge in [0.05, 0.1) is 17.6 Å². The van der Waals surface area contributed by atoms with Gasteiger partial charge in [-0.15, -0.1) is 0 Å². The molecule has 0 radical (unpaired) electrons. The van der Waals surface area contributed by atoms with E-state index in [1.54, 1.807) is 0 Å². The van der Waals surface area contributed by atoms with Crippen LogP contribution < -0.4 is 0 Å². The van der Waals surface area contributed by atoms with Gasteiger partial charge in [0.2, 0.25) is 0 Å². The van der Waals surface area contributed by atoms with Crippen molar-refractivity contribution in [3.8, 4) is 0 Å². The molecule has 0 aromatic carbocycles. The van der Waals surface area contributed by atoms with Gasteiger partial charge in [0.1, 0.15) is 0 Å². The fraction of sp³-hybridized carbons (Fsp3) is 0.381.